The first kappa shape index (κ1) is 16.9. The van der Waals surface area contributed by atoms with Crippen LogP contribution < -0.4 is 0 Å². The molecular formula is C15H9Cl3N2OS2. The lowest BCUT2D eigenvalue weighted by Gasteiger charge is -2.05. The highest BCUT2D eigenvalue weighted by Crippen LogP contribution is 2.34. The van der Waals surface area contributed by atoms with Crippen LogP contribution in [-0.4, -0.2) is 13.8 Å². The Labute approximate surface area is 154 Å². The molecule has 0 aliphatic rings. The molecule has 1 unspecified atom stereocenters. The van der Waals surface area contributed by atoms with E-state index >= 15 is 0 Å². The fourth-order valence-corrected chi connectivity index (χ4v) is 4.63. The van der Waals surface area contributed by atoms with Gasteiger partial charge in [-0.05, 0) is 47.4 Å². The Kier molecular flexibility index (Phi) is 5.34. The molecule has 0 radical (unpaired) electrons. The lowest BCUT2D eigenvalue weighted by Crippen LogP contribution is -1.96. The third-order valence-corrected chi connectivity index (χ3v) is 6.37. The van der Waals surface area contributed by atoms with Gasteiger partial charge in [0.15, 0.2) is 0 Å². The summed E-state index contributed by atoms with van der Waals surface area (Å²) in [5.41, 5.74) is 2.13. The molecule has 0 aliphatic heterocycles. The number of halogens is 3. The van der Waals surface area contributed by atoms with Gasteiger partial charge in [-0.25, -0.2) is 0 Å². The van der Waals surface area contributed by atoms with Gasteiger partial charge >= 0.3 is 0 Å². The Bertz CT molecular complexity index is 865. The van der Waals surface area contributed by atoms with Crippen LogP contribution in [0.2, 0.25) is 15.1 Å². The van der Waals surface area contributed by atoms with Gasteiger partial charge in [-0.3, -0.25) is 4.21 Å². The van der Waals surface area contributed by atoms with Crippen LogP contribution in [0.3, 0.4) is 0 Å². The van der Waals surface area contributed by atoms with Crippen LogP contribution in [0.5, 0.6) is 0 Å². The highest BCUT2D eigenvalue weighted by Gasteiger charge is 2.19. The van der Waals surface area contributed by atoms with Crippen LogP contribution in [-0.2, 0) is 16.6 Å². The standard InChI is InChI=1S/C15H9Cl3N2OS2/c16-10-3-1-9(2-4-10)8-23(21)15-14(19-20-22-15)12-6-5-11(17)7-13(12)18/h1-7H,8H2. The van der Waals surface area contributed by atoms with Gasteiger partial charge < -0.3 is 0 Å². The second kappa shape index (κ2) is 7.28. The number of nitrogens with zero attached hydrogens (tertiary/aromatic N) is 2. The molecule has 0 saturated heterocycles. The molecule has 0 spiro atoms. The molecule has 8 heteroatoms. The van der Waals surface area contributed by atoms with Crippen molar-refractivity contribution in [3.05, 3.63) is 63.1 Å². The number of rotatable bonds is 4. The first-order valence-electron chi connectivity index (χ1n) is 6.45. The normalized spacial score (nSPS) is 12.3. The second-order valence-corrected chi connectivity index (χ2v) is 8.33. The Morgan fingerprint density at radius 1 is 1.00 bits per heavy atom. The van der Waals surface area contributed by atoms with Crippen molar-refractivity contribution in [2.45, 2.75) is 9.96 Å². The molecule has 0 fully saturated rings. The summed E-state index contributed by atoms with van der Waals surface area (Å²) < 4.78 is 17.2. The van der Waals surface area contributed by atoms with Gasteiger partial charge in [-0.2, -0.15) is 0 Å². The molecule has 0 N–H and O–H groups in total. The molecule has 1 aromatic heterocycles. The maximum absolute atomic E-state index is 12.7. The largest absolute Gasteiger partial charge is 0.253 e. The minimum atomic E-state index is -1.28. The van der Waals surface area contributed by atoms with Gasteiger partial charge in [0.05, 0.1) is 21.6 Å². The minimum absolute atomic E-state index is 0.360. The van der Waals surface area contributed by atoms with Gasteiger partial charge in [0.25, 0.3) is 0 Å². The number of benzene rings is 2. The van der Waals surface area contributed by atoms with E-state index in [0.29, 0.717) is 36.3 Å². The van der Waals surface area contributed by atoms with Gasteiger partial charge in [-0.15, -0.1) is 5.10 Å². The number of hydrogen-bond acceptors (Lipinski definition) is 4. The molecule has 0 aliphatic carbocycles. The number of aromatic nitrogens is 2. The molecule has 3 aromatic rings. The van der Waals surface area contributed by atoms with Crippen molar-refractivity contribution >= 4 is 57.1 Å². The summed E-state index contributed by atoms with van der Waals surface area (Å²) in [5, 5.41) is 5.71. The summed E-state index contributed by atoms with van der Waals surface area (Å²) in [6.45, 7) is 0. The summed E-state index contributed by atoms with van der Waals surface area (Å²) in [6.07, 6.45) is 0. The van der Waals surface area contributed by atoms with Gasteiger partial charge in [-0.1, -0.05) is 51.4 Å². The smallest absolute Gasteiger partial charge is 0.140 e. The van der Waals surface area contributed by atoms with Crippen LogP contribution in [0, 0.1) is 0 Å². The zero-order valence-electron chi connectivity index (χ0n) is 11.5. The molecule has 2 aromatic carbocycles. The average molecular weight is 404 g/mol. The molecule has 0 saturated carbocycles. The Morgan fingerprint density at radius 2 is 1.70 bits per heavy atom. The third kappa shape index (κ3) is 3.92. The average Bonchev–Trinajstić information content (AvgIpc) is 2.99. The van der Waals surface area contributed by atoms with Crippen LogP contribution in [0.1, 0.15) is 5.56 Å². The van der Waals surface area contributed by atoms with Gasteiger partial charge in [0.1, 0.15) is 9.90 Å². The number of hydrogen-bond donors (Lipinski definition) is 0. The topological polar surface area (TPSA) is 42.9 Å². The van der Waals surface area contributed by atoms with Gasteiger partial charge in [0.2, 0.25) is 0 Å². The fourth-order valence-electron chi connectivity index (χ4n) is 1.97. The van der Waals surface area contributed by atoms with E-state index in [1.807, 2.05) is 12.1 Å². The molecule has 1 heterocycles. The highest BCUT2D eigenvalue weighted by molar-refractivity contribution is 7.86. The minimum Gasteiger partial charge on any atom is -0.253 e. The van der Waals surface area contributed by atoms with E-state index in [4.69, 9.17) is 34.8 Å². The van der Waals surface area contributed by atoms with E-state index in [2.05, 4.69) is 9.59 Å². The first-order valence-corrected chi connectivity index (χ1v) is 9.68. The summed E-state index contributed by atoms with van der Waals surface area (Å²) in [6, 6.07) is 12.3. The highest BCUT2D eigenvalue weighted by atomic mass is 35.5. The Hall–Kier alpha value is -0.980. The molecule has 3 rings (SSSR count). The van der Waals surface area contributed by atoms with Crippen LogP contribution in [0.4, 0.5) is 0 Å². The SMILES string of the molecule is O=S(Cc1ccc(Cl)cc1)c1snnc1-c1ccc(Cl)cc1Cl. The summed E-state index contributed by atoms with van der Waals surface area (Å²) in [5.74, 6) is 0.360. The van der Waals surface area contributed by atoms with E-state index in [9.17, 15) is 4.21 Å². The predicted octanol–water partition coefficient (Wildman–Crippen LogP) is 5.47. The van der Waals surface area contributed by atoms with E-state index in [1.165, 1.54) is 0 Å². The van der Waals surface area contributed by atoms with Crippen molar-refractivity contribution in [3.63, 3.8) is 0 Å². The monoisotopic (exact) mass is 402 g/mol. The zero-order chi connectivity index (χ0) is 16.4. The van der Waals surface area contributed by atoms with Crippen molar-refractivity contribution in [2.75, 3.05) is 0 Å². The maximum atomic E-state index is 12.7. The van der Waals surface area contributed by atoms with Crippen molar-refractivity contribution in [1.82, 2.24) is 9.59 Å². The molecule has 3 nitrogen and oxygen atoms in total. The van der Waals surface area contributed by atoms with E-state index in [1.54, 1.807) is 30.3 Å². The molecule has 118 valence electrons. The van der Waals surface area contributed by atoms with E-state index in [0.717, 1.165) is 17.1 Å². The van der Waals surface area contributed by atoms with Crippen molar-refractivity contribution in [2.24, 2.45) is 0 Å². The van der Waals surface area contributed by atoms with E-state index in [-0.39, 0.29) is 0 Å². The predicted molar refractivity (Wildman–Crippen MR) is 96.9 cm³/mol. The van der Waals surface area contributed by atoms with Gasteiger partial charge in [0, 0.05) is 15.6 Å². The first-order chi connectivity index (χ1) is 11.0. The van der Waals surface area contributed by atoms with Crippen molar-refractivity contribution in [3.8, 4) is 11.3 Å². The Morgan fingerprint density at radius 3 is 2.39 bits per heavy atom. The fraction of sp³-hybridized carbons (Fsp3) is 0.0667. The quantitative estimate of drug-likeness (QED) is 0.580. The zero-order valence-corrected chi connectivity index (χ0v) is 15.4. The van der Waals surface area contributed by atoms with Crippen molar-refractivity contribution < 1.29 is 4.21 Å². The molecule has 23 heavy (non-hydrogen) atoms. The Balaban J connectivity index is 1.91. The second-order valence-electron chi connectivity index (χ2n) is 4.65. The van der Waals surface area contributed by atoms with Crippen LogP contribution in [0.15, 0.2) is 46.7 Å². The lowest BCUT2D eigenvalue weighted by atomic mass is 10.2. The molecule has 0 bridgehead atoms. The summed E-state index contributed by atoms with van der Waals surface area (Å²) >= 11 is 19.1. The summed E-state index contributed by atoms with van der Waals surface area (Å²) in [7, 11) is -1.28. The van der Waals surface area contributed by atoms with Crippen LogP contribution >= 0.6 is 46.3 Å². The van der Waals surface area contributed by atoms with E-state index < -0.39 is 10.8 Å². The van der Waals surface area contributed by atoms with Crippen LogP contribution in [0.25, 0.3) is 11.3 Å². The molecule has 0 amide bonds. The summed E-state index contributed by atoms with van der Waals surface area (Å²) in [4.78, 5) is 0. The maximum Gasteiger partial charge on any atom is 0.140 e. The molecule has 1 atom stereocenters. The third-order valence-electron chi connectivity index (χ3n) is 3.06. The molecular weight excluding hydrogens is 395 g/mol. The van der Waals surface area contributed by atoms with Crippen molar-refractivity contribution in [1.29, 1.82) is 0 Å². The lowest BCUT2D eigenvalue weighted by molar-refractivity contribution is 0.684.